The van der Waals surface area contributed by atoms with Crippen LogP contribution in [0.5, 0.6) is 0 Å². The fourth-order valence-electron chi connectivity index (χ4n) is 3.91. The molecular formula is C28H27N3O4. The first kappa shape index (κ1) is 23.8. The molecule has 1 amide bonds. The van der Waals surface area contributed by atoms with Gasteiger partial charge in [-0.05, 0) is 47.4 Å². The molecule has 0 saturated heterocycles. The van der Waals surface area contributed by atoms with Crippen LogP contribution < -0.4 is 10.6 Å². The van der Waals surface area contributed by atoms with Gasteiger partial charge >= 0.3 is 5.97 Å². The molecule has 3 aromatic rings. The zero-order valence-electron chi connectivity index (χ0n) is 19.5. The predicted octanol–water partition coefficient (Wildman–Crippen LogP) is 4.05. The number of esters is 1. The number of carbonyl (C=O) groups excluding carboxylic acids is 2. The second kappa shape index (κ2) is 10.7. The second-order valence-corrected chi connectivity index (χ2v) is 8.20. The minimum Gasteiger partial charge on any atom is -0.490 e. The molecule has 0 radical (unpaired) electrons. The highest BCUT2D eigenvalue weighted by atomic mass is 16.5. The quantitative estimate of drug-likeness (QED) is 0.279. The Morgan fingerprint density at radius 2 is 1.66 bits per heavy atom. The third kappa shape index (κ3) is 5.58. The Labute approximate surface area is 204 Å². The lowest BCUT2D eigenvalue weighted by atomic mass is 10.0. The molecule has 0 fully saturated rings. The number of benzene rings is 3. The largest absolute Gasteiger partial charge is 0.490 e. The summed E-state index contributed by atoms with van der Waals surface area (Å²) in [6, 6.07) is 24.4. The standard InChI is InChI=1S/C28H27N3O4/c1-34-25(32)16-9-19-7-10-21(11-8-19)26-24(35-18-20-5-3-2-4-6-20)17-31(28(26)33)23-14-12-22(13-15-23)27(29)30/h2-8,10-15H,9,16-18H2,1H3,(H3,29,30). The average Bonchev–Trinajstić information content (AvgIpc) is 3.22. The number of rotatable bonds is 9. The first-order valence-corrected chi connectivity index (χ1v) is 11.3. The highest BCUT2D eigenvalue weighted by Gasteiger charge is 2.33. The van der Waals surface area contributed by atoms with Gasteiger partial charge in [0.15, 0.2) is 0 Å². The molecule has 7 nitrogen and oxygen atoms in total. The van der Waals surface area contributed by atoms with Crippen molar-refractivity contribution in [1.82, 2.24) is 0 Å². The number of ether oxygens (including phenoxy) is 2. The van der Waals surface area contributed by atoms with Crippen molar-refractivity contribution >= 4 is 29.0 Å². The molecule has 7 heteroatoms. The zero-order chi connectivity index (χ0) is 24.8. The summed E-state index contributed by atoms with van der Waals surface area (Å²) in [7, 11) is 1.37. The average molecular weight is 470 g/mol. The molecular weight excluding hydrogens is 442 g/mol. The first-order valence-electron chi connectivity index (χ1n) is 11.3. The van der Waals surface area contributed by atoms with Gasteiger partial charge in [0.1, 0.15) is 18.2 Å². The number of methoxy groups -OCH3 is 1. The summed E-state index contributed by atoms with van der Waals surface area (Å²) in [6.07, 6.45) is 0.860. The Morgan fingerprint density at radius 3 is 2.29 bits per heavy atom. The van der Waals surface area contributed by atoms with Crippen molar-refractivity contribution in [2.45, 2.75) is 19.4 Å². The lowest BCUT2D eigenvalue weighted by Crippen LogP contribution is -2.26. The number of hydrogen-bond acceptors (Lipinski definition) is 5. The fourth-order valence-corrected chi connectivity index (χ4v) is 3.91. The summed E-state index contributed by atoms with van der Waals surface area (Å²) in [5, 5.41) is 7.59. The number of nitrogen functional groups attached to an aromatic ring is 1. The number of amidine groups is 1. The van der Waals surface area contributed by atoms with E-state index < -0.39 is 0 Å². The molecule has 0 atom stereocenters. The van der Waals surface area contributed by atoms with E-state index in [0.717, 1.165) is 16.7 Å². The molecule has 0 spiro atoms. The van der Waals surface area contributed by atoms with Gasteiger partial charge in [-0.15, -0.1) is 0 Å². The van der Waals surface area contributed by atoms with Crippen LogP contribution in [-0.2, 0) is 32.1 Å². The topological polar surface area (TPSA) is 106 Å². The molecule has 3 N–H and O–H groups in total. The van der Waals surface area contributed by atoms with E-state index in [2.05, 4.69) is 0 Å². The maximum Gasteiger partial charge on any atom is 0.305 e. The number of aryl methyl sites for hydroxylation is 1. The molecule has 0 bridgehead atoms. The Bertz CT molecular complexity index is 1250. The summed E-state index contributed by atoms with van der Waals surface area (Å²) in [4.78, 5) is 26.7. The van der Waals surface area contributed by atoms with Crippen LogP contribution in [0, 0.1) is 5.41 Å². The van der Waals surface area contributed by atoms with Crippen molar-refractivity contribution in [2.24, 2.45) is 5.73 Å². The first-order chi connectivity index (χ1) is 17.0. The Hall–Kier alpha value is -4.39. The summed E-state index contributed by atoms with van der Waals surface area (Å²) in [5.74, 6) is 0.149. The molecule has 0 aromatic heterocycles. The van der Waals surface area contributed by atoms with E-state index in [1.807, 2.05) is 54.6 Å². The molecule has 1 aliphatic rings. The molecule has 0 aliphatic carbocycles. The summed E-state index contributed by atoms with van der Waals surface area (Å²) < 4.78 is 10.9. The lowest BCUT2D eigenvalue weighted by Gasteiger charge is -2.17. The van der Waals surface area contributed by atoms with Gasteiger partial charge in [-0.1, -0.05) is 54.6 Å². The van der Waals surface area contributed by atoms with Gasteiger partial charge in [-0.2, -0.15) is 0 Å². The van der Waals surface area contributed by atoms with Gasteiger partial charge in [-0.3, -0.25) is 15.0 Å². The number of carbonyl (C=O) groups is 2. The maximum atomic E-state index is 13.5. The third-order valence-electron chi connectivity index (χ3n) is 5.87. The summed E-state index contributed by atoms with van der Waals surface area (Å²) in [5.41, 5.74) is 10.1. The van der Waals surface area contributed by atoms with Crippen LogP contribution in [0.15, 0.2) is 84.6 Å². The van der Waals surface area contributed by atoms with E-state index in [1.54, 1.807) is 29.2 Å². The monoisotopic (exact) mass is 469 g/mol. The van der Waals surface area contributed by atoms with Crippen molar-refractivity contribution in [1.29, 1.82) is 5.41 Å². The van der Waals surface area contributed by atoms with Crippen molar-refractivity contribution in [3.63, 3.8) is 0 Å². The SMILES string of the molecule is COC(=O)CCc1ccc(C2=C(OCc3ccccc3)CN(c3ccc(C(=N)N)cc3)C2=O)cc1. The van der Waals surface area contributed by atoms with Crippen LogP contribution in [0.25, 0.3) is 5.57 Å². The van der Waals surface area contributed by atoms with Crippen LogP contribution in [0.4, 0.5) is 5.69 Å². The van der Waals surface area contributed by atoms with Gasteiger partial charge < -0.3 is 20.1 Å². The van der Waals surface area contributed by atoms with E-state index in [9.17, 15) is 9.59 Å². The van der Waals surface area contributed by atoms with Crippen LogP contribution >= 0.6 is 0 Å². The second-order valence-electron chi connectivity index (χ2n) is 8.20. The number of nitrogens with one attached hydrogen (secondary N) is 1. The van der Waals surface area contributed by atoms with Gasteiger partial charge in [0.2, 0.25) is 0 Å². The molecule has 1 aliphatic heterocycles. The normalized spacial score (nSPS) is 13.2. The lowest BCUT2D eigenvalue weighted by molar-refractivity contribution is -0.140. The van der Waals surface area contributed by atoms with Crippen LogP contribution in [0.2, 0.25) is 0 Å². The highest BCUT2D eigenvalue weighted by molar-refractivity contribution is 6.29. The van der Waals surface area contributed by atoms with Crippen LogP contribution in [0.1, 0.15) is 28.7 Å². The summed E-state index contributed by atoms with van der Waals surface area (Å²) in [6.45, 7) is 0.645. The van der Waals surface area contributed by atoms with E-state index in [-0.39, 0.29) is 17.7 Å². The van der Waals surface area contributed by atoms with Gasteiger partial charge in [0.25, 0.3) is 5.91 Å². The number of hydrogen-bond donors (Lipinski definition) is 2. The number of anilines is 1. The maximum absolute atomic E-state index is 13.5. The van der Waals surface area contributed by atoms with Gasteiger partial charge in [0.05, 0.1) is 19.2 Å². The van der Waals surface area contributed by atoms with Crippen LogP contribution in [0.3, 0.4) is 0 Å². The van der Waals surface area contributed by atoms with E-state index in [1.165, 1.54) is 7.11 Å². The van der Waals surface area contributed by atoms with Gasteiger partial charge in [0, 0.05) is 17.7 Å². The molecule has 35 heavy (non-hydrogen) atoms. The van der Waals surface area contributed by atoms with E-state index in [0.29, 0.717) is 48.6 Å². The molecule has 0 saturated carbocycles. The fraction of sp³-hybridized carbons (Fsp3) is 0.179. The highest BCUT2D eigenvalue weighted by Crippen LogP contribution is 2.33. The van der Waals surface area contributed by atoms with E-state index in [4.69, 9.17) is 20.6 Å². The van der Waals surface area contributed by atoms with Crippen molar-refractivity contribution in [3.05, 3.63) is 107 Å². The minimum atomic E-state index is -0.259. The molecule has 4 rings (SSSR count). The predicted molar refractivity (Wildman–Crippen MR) is 135 cm³/mol. The number of nitrogens with zero attached hydrogens (tertiary/aromatic N) is 1. The smallest absolute Gasteiger partial charge is 0.305 e. The van der Waals surface area contributed by atoms with Gasteiger partial charge in [-0.25, -0.2) is 0 Å². The molecule has 178 valence electrons. The van der Waals surface area contributed by atoms with Crippen molar-refractivity contribution < 1.29 is 19.1 Å². The zero-order valence-corrected chi connectivity index (χ0v) is 19.5. The van der Waals surface area contributed by atoms with Crippen LogP contribution in [-0.4, -0.2) is 31.4 Å². The number of nitrogens with two attached hydrogens (primary N) is 1. The minimum absolute atomic E-state index is 0.0257. The Balaban J connectivity index is 1.60. The summed E-state index contributed by atoms with van der Waals surface area (Å²) >= 11 is 0. The molecule has 1 heterocycles. The van der Waals surface area contributed by atoms with Crippen molar-refractivity contribution in [3.8, 4) is 0 Å². The Kier molecular flexibility index (Phi) is 7.26. The molecule has 0 unspecified atom stereocenters. The third-order valence-corrected chi connectivity index (χ3v) is 5.87. The van der Waals surface area contributed by atoms with E-state index >= 15 is 0 Å². The number of amides is 1. The van der Waals surface area contributed by atoms with Crippen molar-refractivity contribution in [2.75, 3.05) is 18.6 Å². The molecule has 3 aromatic carbocycles. The Morgan fingerprint density at radius 1 is 0.971 bits per heavy atom.